The smallest absolute Gasteiger partial charge is 0.320 e. The largest absolute Gasteiger partial charge is 0.481 e. The second-order valence-electron chi connectivity index (χ2n) is 1.88. The molecule has 4 N–H and O–H groups in total. The summed E-state index contributed by atoms with van der Waals surface area (Å²) in [5.74, 6) is -2.20. The lowest BCUT2D eigenvalue weighted by Crippen LogP contribution is -2.30. The zero-order valence-corrected chi connectivity index (χ0v) is 5.28. The maximum atomic E-state index is 9.99. The number of hydrogen-bond donors (Lipinski definition) is 3. The van der Waals surface area contributed by atoms with Crippen LogP contribution in [0.3, 0.4) is 0 Å². The molecule has 1 atom stereocenters. The summed E-state index contributed by atoms with van der Waals surface area (Å²) < 4.78 is 0. The highest BCUT2D eigenvalue weighted by molar-refractivity contribution is 5.74. The highest BCUT2D eigenvalue weighted by Gasteiger charge is 2.12. The maximum absolute atomic E-state index is 9.99. The molecule has 0 aromatic rings. The average Bonchev–Trinajstić information content (AvgIpc) is 1.82. The van der Waals surface area contributed by atoms with Gasteiger partial charge in [-0.15, -0.1) is 0 Å². The summed E-state index contributed by atoms with van der Waals surface area (Å²) in [4.78, 5) is 19.9. The molecule has 0 aromatic carbocycles. The third-order valence-corrected chi connectivity index (χ3v) is 0.986. The van der Waals surface area contributed by atoms with Gasteiger partial charge in [-0.2, -0.15) is 0 Å². The maximum Gasteiger partial charge on any atom is 0.320 e. The summed E-state index contributed by atoms with van der Waals surface area (Å²) in [5.41, 5.74) is 5.00. The summed E-state index contributed by atoms with van der Waals surface area (Å²) in [7, 11) is 0. The number of carbonyl (C=O) groups is 2. The Hall–Kier alpha value is -1.10. The monoisotopic (exact) mass is 149 g/mol. The predicted octanol–water partition coefficient (Wildman–Crippen LogP) is -0.737. The molecule has 5 heteroatoms. The minimum atomic E-state index is -1.17. The fourth-order valence-electron chi connectivity index (χ4n) is 0.402. The SMILES string of the molecule is N[13C@@H](CCC(=O)O)[13C](=O)O. The molecule has 0 rings (SSSR count). The molecular weight excluding hydrogens is 140 g/mol. The standard InChI is InChI=1S/C5H9NO4/c6-3(5(9)10)1-2-4(7)8/h3H,1-2,6H2,(H,7,8)(H,9,10)/t3-/m0/s1/i3+1,5+1. The Kier molecular flexibility index (Phi) is 3.42. The summed E-state index contributed by atoms with van der Waals surface area (Å²) in [6.45, 7) is 0. The first-order valence-electron chi connectivity index (χ1n) is 2.74. The quantitative estimate of drug-likeness (QED) is 0.457. The molecule has 0 radical (unpaired) electrons. The predicted molar refractivity (Wildman–Crippen MR) is 32.5 cm³/mol. The van der Waals surface area contributed by atoms with E-state index >= 15 is 0 Å². The number of aliphatic carboxylic acids is 2. The minimum Gasteiger partial charge on any atom is -0.481 e. The van der Waals surface area contributed by atoms with Crippen LogP contribution in [-0.4, -0.2) is 28.2 Å². The normalized spacial score (nSPS) is 12.5. The Labute approximate surface area is 57.5 Å². The Bertz CT molecular complexity index is 145. The van der Waals surface area contributed by atoms with Crippen molar-refractivity contribution in [3.8, 4) is 0 Å². The van der Waals surface area contributed by atoms with E-state index in [4.69, 9.17) is 15.9 Å². The third-order valence-electron chi connectivity index (χ3n) is 0.986. The molecule has 0 heterocycles. The van der Waals surface area contributed by atoms with E-state index in [1.807, 2.05) is 0 Å². The molecule has 58 valence electrons. The first-order valence-corrected chi connectivity index (χ1v) is 2.74. The van der Waals surface area contributed by atoms with Crippen molar-refractivity contribution in [1.29, 1.82) is 0 Å². The number of hydrogen-bond acceptors (Lipinski definition) is 3. The summed E-state index contributed by atoms with van der Waals surface area (Å²) in [5, 5.41) is 16.3. The molecular formula is C5H9NO4. The van der Waals surface area contributed by atoms with Gasteiger partial charge in [-0.3, -0.25) is 9.59 Å². The molecule has 5 nitrogen and oxygen atoms in total. The lowest BCUT2D eigenvalue weighted by molar-refractivity contribution is -0.139. The number of carboxylic acids is 2. The zero-order chi connectivity index (χ0) is 8.15. The number of carboxylic acid groups (broad SMARTS) is 2. The van der Waals surface area contributed by atoms with Gasteiger partial charge in [0.1, 0.15) is 6.04 Å². The molecule has 0 aromatic heterocycles. The lowest BCUT2D eigenvalue weighted by atomic mass is 10.4. The zero-order valence-electron chi connectivity index (χ0n) is 5.28. The van der Waals surface area contributed by atoms with Crippen LogP contribution in [0.1, 0.15) is 12.8 Å². The van der Waals surface area contributed by atoms with Gasteiger partial charge in [-0.25, -0.2) is 0 Å². The lowest BCUT2D eigenvalue weighted by Gasteiger charge is -2.01. The highest BCUT2D eigenvalue weighted by atomic mass is 16.5. The second-order valence-corrected chi connectivity index (χ2v) is 1.88. The molecule has 0 bridgehead atoms. The van der Waals surface area contributed by atoms with Gasteiger partial charge in [0.15, 0.2) is 0 Å². The van der Waals surface area contributed by atoms with Crippen molar-refractivity contribution >= 4 is 11.9 Å². The molecule has 10 heavy (non-hydrogen) atoms. The number of rotatable bonds is 4. The molecule has 0 aliphatic rings. The third kappa shape index (κ3) is 3.85. The van der Waals surface area contributed by atoms with E-state index < -0.39 is 18.0 Å². The fourth-order valence-corrected chi connectivity index (χ4v) is 0.402. The molecule has 0 saturated carbocycles. The summed E-state index contributed by atoms with van der Waals surface area (Å²) in [6, 6.07) is -1.06. The van der Waals surface area contributed by atoms with Gasteiger partial charge < -0.3 is 15.9 Å². The molecule has 0 amide bonds. The van der Waals surface area contributed by atoms with Gasteiger partial charge in [0, 0.05) is 6.42 Å². The van der Waals surface area contributed by atoms with Gasteiger partial charge in [-0.1, -0.05) is 0 Å². The van der Waals surface area contributed by atoms with Crippen molar-refractivity contribution in [3.05, 3.63) is 0 Å². The van der Waals surface area contributed by atoms with Crippen LogP contribution in [0.15, 0.2) is 0 Å². The Morgan fingerprint density at radius 3 is 2.20 bits per heavy atom. The Morgan fingerprint density at radius 1 is 1.40 bits per heavy atom. The van der Waals surface area contributed by atoms with Crippen molar-refractivity contribution in [2.45, 2.75) is 18.9 Å². The average molecular weight is 149 g/mol. The molecule has 0 aliphatic carbocycles. The molecule has 0 fully saturated rings. The topological polar surface area (TPSA) is 101 Å². The van der Waals surface area contributed by atoms with Gasteiger partial charge in [-0.05, 0) is 6.42 Å². The fraction of sp³-hybridized carbons (Fsp3) is 0.600. The molecule has 0 aliphatic heterocycles. The molecule has 0 unspecified atom stereocenters. The van der Waals surface area contributed by atoms with Crippen molar-refractivity contribution in [1.82, 2.24) is 0 Å². The molecule has 0 saturated heterocycles. The van der Waals surface area contributed by atoms with E-state index in [1.165, 1.54) is 0 Å². The van der Waals surface area contributed by atoms with E-state index in [1.54, 1.807) is 0 Å². The summed E-state index contributed by atoms with van der Waals surface area (Å²) in [6.07, 6.45) is -0.224. The van der Waals surface area contributed by atoms with E-state index in [0.29, 0.717) is 0 Å². The van der Waals surface area contributed by atoms with E-state index in [0.717, 1.165) is 0 Å². The van der Waals surface area contributed by atoms with Crippen molar-refractivity contribution < 1.29 is 19.8 Å². The van der Waals surface area contributed by atoms with E-state index in [9.17, 15) is 9.59 Å². The number of nitrogens with two attached hydrogens (primary N) is 1. The first kappa shape index (κ1) is 8.90. The van der Waals surface area contributed by atoms with Crippen LogP contribution >= 0.6 is 0 Å². The van der Waals surface area contributed by atoms with Gasteiger partial charge in [0.05, 0.1) is 0 Å². The van der Waals surface area contributed by atoms with Crippen LogP contribution in [0.25, 0.3) is 0 Å². The van der Waals surface area contributed by atoms with E-state index in [2.05, 4.69) is 0 Å². The summed E-state index contributed by atoms with van der Waals surface area (Å²) >= 11 is 0. The van der Waals surface area contributed by atoms with Crippen LogP contribution in [0.4, 0.5) is 0 Å². The van der Waals surface area contributed by atoms with Crippen LogP contribution in [0.2, 0.25) is 0 Å². The second kappa shape index (κ2) is 3.84. The van der Waals surface area contributed by atoms with Crippen LogP contribution in [0, 0.1) is 0 Å². The van der Waals surface area contributed by atoms with Gasteiger partial charge in [0.25, 0.3) is 0 Å². The van der Waals surface area contributed by atoms with Gasteiger partial charge >= 0.3 is 11.9 Å². The van der Waals surface area contributed by atoms with Crippen molar-refractivity contribution in [3.63, 3.8) is 0 Å². The Morgan fingerprint density at radius 2 is 1.90 bits per heavy atom. The van der Waals surface area contributed by atoms with Gasteiger partial charge in [0.2, 0.25) is 0 Å². The highest BCUT2D eigenvalue weighted by Crippen LogP contribution is 1.93. The van der Waals surface area contributed by atoms with Crippen molar-refractivity contribution in [2.24, 2.45) is 5.73 Å². The van der Waals surface area contributed by atoms with Crippen LogP contribution in [0.5, 0.6) is 0 Å². The van der Waals surface area contributed by atoms with E-state index in [-0.39, 0.29) is 12.8 Å². The molecule has 0 spiro atoms. The first-order chi connectivity index (χ1) is 4.54. The van der Waals surface area contributed by atoms with Crippen LogP contribution in [-0.2, 0) is 9.59 Å². The minimum absolute atomic E-state index is 0.0231. The van der Waals surface area contributed by atoms with Crippen molar-refractivity contribution in [2.75, 3.05) is 0 Å². The Balaban J connectivity index is 3.49. The van der Waals surface area contributed by atoms with Crippen LogP contribution < -0.4 is 5.73 Å².